The van der Waals surface area contributed by atoms with Crippen molar-refractivity contribution in [3.8, 4) is 22.3 Å². The molecule has 3 heterocycles. The maximum Gasteiger partial charge on any atom is 0.0709 e. The van der Waals surface area contributed by atoms with Gasteiger partial charge in [-0.05, 0) is 136 Å². The van der Waals surface area contributed by atoms with Gasteiger partial charge in [-0.1, -0.05) is 152 Å². The molecule has 70 heavy (non-hydrogen) atoms. The largest absolute Gasteiger partial charge is 0.306 e. The van der Waals surface area contributed by atoms with Crippen LogP contribution in [-0.4, -0.2) is 4.98 Å². The van der Waals surface area contributed by atoms with E-state index in [4.69, 9.17) is 4.98 Å². The molecule has 0 amide bonds. The summed E-state index contributed by atoms with van der Waals surface area (Å²) in [5.41, 5.74) is 18.9. The van der Waals surface area contributed by atoms with Gasteiger partial charge in [0.1, 0.15) is 0 Å². The predicted octanol–water partition coefficient (Wildman–Crippen LogP) is 18.4. The van der Waals surface area contributed by atoms with Crippen molar-refractivity contribution in [1.29, 1.82) is 0 Å². The summed E-state index contributed by atoms with van der Waals surface area (Å²) in [5.74, 6) is 0. The summed E-state index contributed by atoms with van der Waals surface area (Å²) in [6, 6.07) is 92.1. The van der Waals surface area contributed by atoms with Crippen molar-refractivity contribution < 1.29 is 0 Å². The summed E-state index contributed by atoms with van der Waals surface area (Å²) < 4.78 is 0. The van der Waals surface area contributed by atoms with Crippen molar-refractivity contribution in [3.05, 3.63) is 261 Å². The number of rotatable bonds is 6. The van der Waals surface area contributed by atoms with E-state index in [-0.39, 0.29) is 0 Å². The van der Waals surface area contributed by atoms with Crippen LogP contribution in [0.1, 0.15) is 0 Å². The monoisotopic (exact) mass is 893 g/mol. The number of pyridine rings is 1. The minimum atomic E-state index is 0.960. The lowest BCUT2D eigenvalue weighted by Crippen LogP contribution is -2.24. The molecule has 328 valence electrons. The number of anilines is 12. The van der Waals surface area contributed by atoms with Crippen LogP contribution in [-0.2, 0) is 0 Å². The Morgan fingerprint density at radius 3 is 1.01 bits per heavy atom. The third-order valence-corrected chi connectivity index (χ3v) is 14.0. The number of nitrogens with zero attached hydrogens (tertiary/aromatic N) is 5. The molecule has 0 aliphatic carbocycles. The Balaban J connectivity index is 1.05. The molecule has 2 aliphatic heterocycles. The van der Waals surface area contributed by atoms with Crippen molar-refractivity contribution in [1.82, 2.24) is 4.98 Å². The zero-order valence-corrected chi connectivity index (χ0v) is 38.1. The second-order valence-electron chi connectivity index (χ2n) is 17.9. The SMILES string of the molecule is c1ccc(N2c3ccccc3N(c3ccccc3)c3cc(-c4c5ccccc5c(-c5ccc6c(c5)N(c5ccccc5)c5ccccc5N6c5ccccc5)c5c4cnc4ccccc45)ccc32)cc1. The highest BCUT2D eigenvalue weighted by Gasteiger charge is 2.33. The van der Waals surface area contributed by atoms with E-state index >= 15 is 0 Å². The Labute approximate surface area is 406 Å². The number of hydrogen-bond donors (Lipinski definition) is 0. The lowest BCUT2D eigenvalue weighted by molar-refractivity contribution is 1.17. The molecular formula is C65H43N5. The van der Waals surface area contributed by atoms with Gasteiger partial charge in [-0.25, -0.2) is 0 Å². The average Bonchev–Trinajstić information content (AvgIpc) is 3.44. The summed E-state index contributed by atoms with van der Waals surface area (Å²) in [5, 5.41) is 5.74. The summed E-state index contributed by atoms with van der Waals surface area (Å²) in [4.78, 5) is 14.9. The summed E-state index contributed by atoms with van der Waals surface area (Å²) in [6.45, 7) is 0. The molecule has 0 N–H and O–H groups in total. The van der Waals surface area contributed by atoms with Crippen LogP contribution in [0, 0.1) is 0 Å². The first-order valence-electron chi connectivity index (χ1n) is 23.9. The molecule has 0 saturated heterocycles. The lowest BCUT2D eigenvalue weighted by atomic mass is 9.84. The molecule has 5 heteroatoms. The van der Waals surface area contributed by atoms with Gasteiger partial charge in [-0.15, -0.1) is 0 Å². The standard InChI is InChI=1S/C65H43N5/c1-5-21-46(22-6-1)67-55-33-17-19-35-57(55)69(48-25-9-3-10-26-48)61-41-44(37-39-59(61)67)63-50-29-13-14-30-51(50)64(65-52-31-15-16-32-54(52)66-43-53(63)65)45-38-40-60-62(42-45)70(49-27-11-4-12-28-49)58-36-20-18-34-56(58)68(60)47-23-7-2-8-24-47/h1-43H. The lowest BCUT2D eigenvalue weighted by Gasteiger charge is -2.40. The first-order chi connectivity index (χ1) is 34.8. The first-order valence-corrected chi connectivity index (χ1v) is 23.9. The molecule has 0 bridgehead atoms. The zero-order valence-electron chi connectivity index (χ0n) is 38.1. The van der Waals surface area contributed by atoms with E-state index in [1.807, 2.05) is 0 Å². The van der Waals surface area contributed by atoms with Gasteiger partial charge in [0, 0.05) is 45.1 Å². The molecule has 5 nitrogen and oxygen atoms in total. The second-order valence-corrected chi connectivity index (χ2v) is 17.9. The fourth-order valence-corrected chi connectivity index (χ4v) is 11.1. The maximum atomic E-state index is 5.23. The van der Waals surface area contributed by atoms with E-state index in [2.05, 4.69) is 281 Å². The van der Waals surface area contributed by atoms with E-state index in [0.717, 1.165) is 101 Å². The minimum absolute atomic E-state index is 0.960. The van der Waals surface area contributed by atoms with Crippen molar-refractivity contribution in [3.63, 3.8) is 0 Å². The number of para-hydroxylation sites is 9. The predicted molar refractivity (Wildman–Crippen MR) is 293 cm³/mol. The second kappa shape index (κ2) is 16.1. The molecule has 1 aromatic heterocycles. The van der Waals surface area contributed by atoms with Crippen LogP contribution in [0.5, 0.6) is 0 Å². The van der Waals surface area contributed by atoms with Crippen molar-refractivity contribution in [2.75, 3.05) is 19.6 Å². The zero-order chi connectivity index (χ0) is 46.1. The Bertz CT molecular complexity index is 3970. The van der Waals surface area contributed by atoms with Gasteiger partial charge in [-0.3, -0.25) is 4.98 Å². The third-order valence-electron chi connectivity index (χ3n) is 14.0. The van der Waals surface area contributed by atoms with Gasteiger partial charge in [0.2, 0.25) is 0 Å². The molecule has 12 aromatic rings. The van der Waals surface area contributed by atoms with Crippen LogP contribution in [0.3, 0.4) is 0 Å². The van der Waals surface area contributed by atoms with Crippen LogP contribution in [0.2, 0.25) is 0 Å². The third kappa shape index (κ3) is 6.15. The van der Waals surface area contributed by atoms with E-state index < -0.39 is 0 Å². The van der Waals surface area contributed by atoms with Gasteiger partial charge in [0.25, 0.3) is 0 Å². The minimum Gasteiger partial charge on any atom is -0.306 e. The molecule has 0 radical (unpaired) electrons. The molecule has 0 fully saturated rings. The molecule has 2 aliphatic rings. The van der Waals surface area contributed by atoms with Crippen LogP contribution in [0.15, 0.2) is 261 Å². The fraction of sp³-hybridized carbons (Fsp3) is 0. The number of aromatic nitrogens is 1. The van der Waals surface area contributed by atoms with E-state index in [1.165, 1.54) is 21.7 Å². The average molecular weight is 894 g/mol. The summed E-state index contributed by atoms with van der Waals surface area (Å²) in [6.07, 6.45) is 2.12. The molecular weight excluding hydrogens is 851 g/mol. The van der Waals surface area contributed by atoms with Gasteiger partial charge >= 0.3 is 0 Å². The van der Waals surface area contributed by atoms with Crippen LogP contribution in [0.25, 0.3) is 54.7 Å². The molecule has 0 saturated carbocycles. The normalized spacial score (nSPS) is 12.7. The Hall–Kier alpha value is -9.45. The quantitative estimate of drug-likeness (QED) is 0.122. The number of fused-ring (bicyclic) bond motifs is 8. The fourth-order valence-electron chi connectivity index (χ4n) is 11.1. The Kier molecular flexibility index (Phi) is 9.14. The van der Waals surface area contributed by atoms with E-state index in [1.54, 1.807) is 0 Å². The highest BCUT2D eigenvalue weighted by Crippen LogP contribution is 2.58. The smallest absolute Gasteiger partial charge is 0.0709 e. The van der Waals surface area contributed by atoms with Crippen molar-refractivity contribution in [2.24, 2.45) is 0 Å². The Morgan fingerprint density at radius 2 is 0.571 bits per heavy atom. The number of hydrogen-bond acceptors (Lipinski definition) is 5. The van der Waals surface area contributed by atoms with Gasteiger partial charge in [0.05, 0.1) is 51.0 Å². The van der Waals surface area contributed by atoms with Crippen LogP contribution < -0.4 is 19.6 Å². The van der Waals surface area contributed by atoms with Gasteiger partial charge in [-0.2, -0.15) is 0 Å². The molecule has 11 aromatic carbocycles. The topological polar surface area (TPSA) is 25.9 Å². The molecule has 14 rings (SSSR count). The van der Waals surface area contributed by atoms with Gasteiger partial charge < -0.3 is 19.6 Å². The molecule has 0 spiro atoms. The van der Waals surface area contributed by atoms with Crippen molar-refractivity contribution in [2.45, 2.75) is 0 Å². The van der Waals surface area contributed by atoms with E-state index in [0.29, 0.717) is 0 Å². The molecule has 0 unspecified atom stereocenters. The highest BCUT2D eigenvalue weighted by molar-refractivity contribution is 6.28. The summed E-state index contributed by atoms with van der Waals surface area (Å²) >= 11 is 0. The molecule has 0 atom stereocenters. The van der Waals surface area contributed by atoms with Crippen LogP contribution in [0.4, 0.5) is 68.2 Å². The Morgan fingerprint density at radius 1 is 0.243 bits per heavy atom. The maximum absolute atomic E-state index is 5.23. The number of benzene rings is 11. The van der Waals surface area contributed by atoms with Gasteiger partial charge in [0.15, 0.2) is 0 Å². The first kappa shape index (κ1) is 39.7. The van der Waals surface area contributed by atoms with Crippen molar-refractivity contribution >= 4 is 101 Å². The van der Waals surface area contributed by atoms with E-state index in [9.17, 15) is 0 Å². The highest BCUT2D eigenvalue weighted by atomic mass is 15.3. The summed E-state index contributed by atoms with van der Waals surface area (Å²) in [7, 11) is 0. The van der Waals surface area contributed by atoms with Crippen LogP contribution >= 0.6 is 0 Å².